The van der Waals surface area contributed by atoms with E-state index in [1.54, 1.807) is 42.6 Å². The van der Waals surface area contributed by atoms with Crippen molar-refractivity contribution in [3.05, 3.63) is 127 Å². The number of aryl methyl sites for hydroxylation is 1. The van der Waals surface area contributed by atoms with E-state index in [4.69, 9.17) is 4.74 Å². The van der Waals surface area contributed by atoms with Gasteiger partial charge in [0, 0.05) is 48.3 Å². The quantitative estimate of drug-likeness (QED) is 0.143. The normalized spacial score (nSPS) is 11.7. The lowest BCUT2D eigenvalue weighted by molar-refractivity contribution is 0.134. The Bertz CT molecular complexity index is 3430. The molecule has 0 spiro atoms. The molecule has 0 saturated carbocycles. The zero-order chi connectivity index (χ0) is 47.1. The third kappa shape index (κ3) is 10.7. The van der Waals surface area contributed by atoms with Crippen molar-refractivity contribution in [2.24, 2.45) is 0 Å². The molecule has 0 aliphatic carbocycles. The van der Waals surface area contributed by atoms with Crippen LogP contribution in [-0.4, -0.2) is 117 Å². The van der Waals surface area contributed by atoms with Crippen molar-refractivity contribution in [3.63, 3.8) is 0 Å². The molecule has 338 valence electrons. The largest absolute Gasteiger partial charge is 0.377 e. The van der Waals surface area contributed by atoms with Crippen molar-refractivity contribution in [3.8, 4) is 56.5 Å². The summed E-state index contributed by atoms with van der Waals surface area (Å²) in [7, 11) is -10.3. The van der Waals surface area contributed by atoms with Crippen molar-refractivity contribution in [2.75, 3.05) is 25.4 Å². The third-order valence-electron chi connectivity index (χ3n) is 9.77. The van der Waals surface area contributed by atoms with E-state index < -0.39 is 29.5 Å². The lowest BCUT2D eigenvalue weighted by Crippen LogP contribution is -2.03. The van der Waals surface area contributed by atoms with E-state index in [2.05, 4.69) is 66.9 Å². The zero-order valence-corrected chi connectivity index (χ0v) is 38.4. The number of hydrogen-bond donors (Lipinski definition) is 3. The second-order valence-electron chi connectivity index (χ2n) is 14.6. The molecule has 23 heteroatoms. The summed E-state index contributed by atoms with van der Waals surface area (Å²) in [5.41, 5.74) is 6.27. The molecule has 9 rings (SSSR count). The first-order valence-corrected chi connectivity index (χ1v) is 25.4. The van der Waals surface area contributed by atoms with E-state index in [1.807, 2.05) is 80.6 Å². The van der Waals surface area contributed by atoms with Gasteiger partial charge >= 0.3 is 0 Å². The van der Waals surface area contributed by atoms with Gasteiger partial charge in [0.2, 0.25) is 17.5 Å². The highest BCUT2D eigenvalue weighted by atomic mass is 32.2. The molecule has 0 fully saturated rings. The monoisotopic (exact) mass is 947 g/mol. The standard InChI is InChI=1S/C17H18N4O3S.C14H13N5O2S.C12H10N4O2S/c1-3-24-11-12-7-9-13(10-8-12)14-5-4-6-15(25(2,22)23)16(14)17-18-20-21-19-17;1-9-6-7-11(15-8-9)10-4-3-5-12(22(2,20)21)13(10)14-16-18-19-17-14;1-19(17,18)10-7-6-8-4-2-3-5-9(8)11(10)12-13-15-16-14-12/h4-10H,3,11H2,1-2H3,(H,18,19,20,21);3-8H,1-2H3,(H,16,17,18,19);2-7H,1H3,(H,13,14,15,16). The minimum absolute atomic E-state index is 0.147. The van der Waals surface area contributed by atoms with Crippen molar-refractivity contribution in [1.29, 1.82) is 0 Å². The number of aromatic amines is 3. The van der Waals surface area contributed by atoms with Gasteiger partial charge in [-0.15, -0.1) is 30.6 Å². The van der Waals surface area contributed by atoms with Gasteiger partial charge in [-0.25, -0.2) is 25.3 Å². The smallest absolute Gasteiger partial charge is 0.206 e. The summed E-state index contributed by atoms with van der Waals surface area (Å²) in [6, 6.07) is 32.5. The predicted molar refractivity (Wildman–Crippen MR) is 244 cm³/mol. The van der Waals surface area contributed by atoms with Gasteiger partial charge in [-0.05, 0) is 86.8 Å². The molecule has 0 aliphatic heterocycles. The molecule has 0 unspecified atom stereocenters. The number of aromatic nitrogens is 13. The first-order chi connectivity index (χ1) is 31.5. The number of benzene rings is 5. The van der Waals surface area contributed by atoms with Crippen LogP contribution in [0.2, 0.25) is 0 Å². The summed E-state index contributed by atoms with van der Waals surface area (Å²) in [4.78, 5) is 4.88. The fourth-order valence-electron chi connectivity index (χ4n) is 6.82. The van der Waals surface area contributed by atoms with Crippen LogP contribution >= 0.6 is 0 Å². The summed E-state index contributed by atoms with van der Waals surface area (Å²) in [6.45, 7) is 5.07. The van der Waals surface area contributed by atoms with Crippen LogP contribution in [0.4, 0.5) is 0 Å². The van der Waals surface area contributed by atoms with Gasteiger partial charge in [0.05, 0.1) is 32.6 Å². The topological polar surface area (TPSA) is 288 Å². The fraction of sp³-hybridized carbons (Fsp3) is 0.163. The highest BCUT2D eigenvalue weighted by Gasteiger charge is 2.24. The van der Waals surface area contributed by atoms with Crippen molar-refractivity contribution in [2.45, 2.75) is 35.1 Å². The van der Waals surface area contributed by atoms with Gasteiger partial charge in [0.25, 0.3) is 0 Å². The molecule has 0 aliphatic rings. The van der Waals surface area contributed by atoms with Gasteiger partial charge in [-0.2, -0.15) is 15.6 Å². The Kier molecular flexibility index (Phi) is 13.9. The Morgan fingerprint density at radius 2 is 1.05 bits per heavy atom. The van der Waals surface area contributed by atoms with Crippen LogP contribution in [0.1, 0.15) is 18.1 Å². The lowest BCUT2D eigenvalue weighted by atomic mass is 9.98. The molecule has 5 aromatic carbocycles. The molecule has 0 saturated heterocycles. The number of pyridine rings is 1. The molecule has 0 radical (unpaired) electrons. The van der Waals surface area contributed by atoms with Crippen LogP contribution in [0, 0.1) is 6.92 Å². The molecule has 0 bridgehead atoms. The van der Waals surface area contributed by atoms with Crippen LogP contribution in [0.25, 0.3) is 67.3 Å². The lowest BCUT2D eigenvalue weighted by Gasteiger charge is -2.12. The Balaban J connectivity index is 0.000000149. The number of fused-ring (bicyclic) bond motifs is 1. The third-order valence-corrected chi connectivity index (χ3v) is 13.2. The SMILES string of the molecule is CCOCc1ccc(-c2cccc(S(C)(=O)=O)c2-c2nn[nH]n2)cc1.CS(=O)(=O)c1ccc2ccccc2c1-c1nn[nH]n1.Cc1ccc(-c2cccc(S(C)(=O)=O)c2-c2nn[nH]n2)nc1. The number of hydrogen-bond acceptors (Lipinski definition) is 17. The number of sulfone groups is 3. The van der Waals surface area contributed by atoms with Crippen molar-refractivity contribution in [1.82, 2.24) is 66.9 Å². The Labute approximate surface area is 379 Å². The van der Waals surface area contributed by atoms with E-state index in [-0.39, 0.29) is 32.2 Å². The predicted octanol–water partition coefficient (Wildman–Crippen LogP) is 5.54. The molecule has 66 heavy (non-hydrogen) atoms. The maximum atomic E-state index is 12.2. The Hall–Kier alpha value is -7.47. The van der Waals surface area contributed by atoms with E-state index in [9.17, 15) is 25.3 Å². The maximum absolute atomic E-state index is 12.2. The molecule has 4 heterocycles. The number of ether oxygens (including phenoxy) is 1. The average molecular weight is 948 g/mol. The van der Waals surface area contributed by atoms with Crippen LogP contribution in [-0.2, 0) is 40.9 Å². The van der Waals surface area contributed by atoms with E-state index in [1.165, 1.54) is 18.6 Å². The van der Waals surface area contributed by atoms with E-state index >= 15 is 0 Å². The summed E-state index contributed by atoms with van der Waals surface area (Å²) in [5, 5.41) is 42.9. The van der Waals surface area contributed by atoms with Crippen molar-refractivity contribution >= 4 is 40.3 Å². The van der Waals surface area contributed by atoms with Gasteiger partial charge in [0.1, 0.15) is 0 Å². The van der Waals surface area contributed by atoms with Gasteiger partial charge in [0.15, 0.2) is 29.5 Å². The molecule has 20 nitrogen and oxygen atoms in total. The molecular weight excluding hydrogens is 907 g/mol. The number of H-pyrrole nitrogens is 3. The maximum Gasteiger partial charge on any atom is 0.206 e. The van der Waals surface area contributed by atoms with Gasteiger partial charge in [-0.1, -0.05) is 84.9 Å². The van der Waals surface area contributed by atoms with Crippen LogP contribution in [0.5, 0.6) is 0 Å². The van der Waals surface area contributed by atoms with Gasteiger partial charge in [-0.3, -0.25) is 4.98 Å². The van der Waals surface area contributed by atoms with Gasteiger partial charge < -0.3 is 4.74 Å². The number of nitrogens with zero attached hydrogens (tertiary/aromatic N) is 10. The van der Waals surface area contributed by atoms with Crippen LogP contribution in [0.15, 0.2) is 130 Å². The highest BCUT2D eigenvalue weighted by Crippen LogP contribution is 2.37. The number of nitrogens with one attached hydrogen (secondary N) is 3. The molecule has 9 aromatic rings. The number of rotatable bonds is 11. The first kappa shape index (κ1) is 46.5. The average Bonchev–Trinajstić information content (AvgIpc) is 4.14. The molecule has 0 amide bonds. The fourth-order valence-corrected chi connectivity index (χ4v) is 9.50. The van der Waals surface area contributed by atoms with Crippen LogP contribution < -0.4 is 0 Å². The molecule has 0 atom stereocenters. The molecule has 4 aromatic heterocycles. The molecule has 3 N–H and O–H groups in total. The summed E-state index contributed by atoms with van der Waals surface area (Å²) < 4.78 is 77.8. The van der Waals surface area contributed by atoms with E-state index in [0.29, 0.717) is 41.2 Å². The highest BCUT2D eigenvalue weighted by molar-refractivity contribution is 7.91. The van der Waals surface area contributed by atoms with Crippen LogP contribution in [0.3, 0.4) is 0 Å². The summed E-state index contributed by atoms with van der Waals surface area (Å²) in [5.74, 6) is 0.741. The second kappa shape index (κ2) is 19.7. The summed E-state index contributed by atoms with van der Waals surface area (Å²) in [6.07, 6.45) is 5.21. The summed E-state index contributed by atoms with van der Waals surface area (Å²) >= 11 is 0. The minimum Gasteiger partial charge on any atom is -0.377 e. The van der Waals surface area contributed by atoms with E-state index in [0.717, 1.165) is 39.3 Å². The number of tetrazole rings is 3. The van der Waals surface area contributed by atoms with Crippen molar-refractivity contribution < 1.29 is 30.0 Å². The zero-order valence-electron chi connectivity index (χ0n) is 35.9. The second-order valence-corrected chi connectivity index (χ2v) is 20.5. The Morgan fingerprint density at radius 1 is 0.530 bits per heavy atom. The molecular formula is C43H41N13O7S3. The first-order valence-electron chi connectivity index (χ1n) is 19.7. The Morgan fingerprint density at radius 3 is 1.55 bits per heavy atom. The minimum atomic E-state index is -3.45.